The van der Waals surface area contributed by atoms with Crippen LogP contribution in [0, 0.1) is 0 Å². The topological polar surface area (TPSA) is 58.0 Å². The van der Waals surface area contributed by atoms with E-state index in [0.717, 1.165) is 5.52 Å². The van der Waals surface area contributed by atoms with Crippen LogP contribution in [0.2, 0.25) is 5.28 Å². The average molecular weight is 224 g/mol. The fourth-order valence-electron chi connectivity index (χ4n) is 1.53. The van der Waals surface area contributed by atoms with Gasteiger partial charge in [-0.25, -0.2) is 4.98 Å². The highest BCUT2D eigenvalue weighted by Gasteiger charge is 2.07. The second-order valence-electron chi connectivity index (χ2n) is 3.12. The summed E-state index contributed by atoms with van der Waals surface area (Å²) >= 11 is 5.89. The van der Waals surface area contributed by atoms with E-state index in [9.17, 15) is 9.90 Å². The summed E-state index contributed by atoms with van der Waals surface area (Å²) in [6.07, 6.45) is 0. The molecule has 0 aliphatic carbocycles. The number of fused-ring (bicyclic) bond motifs is 1. The number of carboxylic acids is 1. The van der Waals surface area contributed by atoms with Gasteiger partial charge in [0.15, 0.2) is 0 Å². The number of hydrogen-bond acceptors (Lipinski definition) is 3. The van der Waals surface area contributed by atoms with Crippen molar-refractivity contribution in [3.63, 3.8) is 0 Å². The first-order valence-electron chi connectivity index (χ1n) is 4.50. The van der Waals surface area contributed by atoms with Gasteiger partial charge >= 0.3 is 0 Å². The van der Waals surface area contributed by atoms with Crippen LogP contribution < -0.4 is 5.11 Å². The molecule has 0 spiro atoms. The lowest BCUT2D eigenvalue weighted by Gasteiger charge is -2.03. The minimum Gasteiger partial charge on any atom is -0.545 e. The smallest absolute Gasteiger partial charge is 0.203 e. The van der Waals surface area contributed by atoms with E-state index >= 15 is 0 Å². The predicted molar refractivity (Wildman–Crippen MR) is 54.7 cm³/mol. The number of aromatic nitrogens is 2. The van der Waals surface area contributed by atoms with E-state index in [2.05, 4.69) is 4.98 Å². The van der Waals surface area contributed by atoms with Gasteiger partial charge in [-0.3, -0.25) is 0 Å². The number of aryl methyl sites for hydroxylation is 1. The van der Waals surface area contributed by atoms with Gasteiger partial charge in [-0.1, -0.05) is 6.07 Å². The van der Waals surface area contributed by atoms with Gasteiger partial charge in [-0.2, -0.15) is 0 Å². The third-order valence-electron chi connectivity index (χ3n) is 2.25. The maximum absolute atomic E-state index is 10.6. The van der Waals surface area contributed by atoms with Crippen LogP contribution in [0.1, 0.15) is 17.3 Å². The van der Waals surface area contributed by atoms with Gasteiger partial charge in [0.05, 0.1) is 17.0 Å². The highest BCUT2D eigenvalue weighted by molar-refractivity contribution is 6.29. The number of rotatable bonds is 2. The molecule has 0 fully saturated rings. The Morgan fingerprint density at radius 3 is 2.93 bits per heavy atom. The van der Waals surface area contributed by atoms with Crippen molar-refractivity contribution in [1.29, 1.82) is 0 Å². The number of nitrogens with zero attached hydrogens (tertiary/aromatic N) is 2. The second-order valence-corrected chi connectivity index (χ2v) is 3.45. The maximum atomic E-state index is 10.6. The Hall–Kier alpha value is -1.55. The minimum atomic E-state index is -1.21. The summed E-state index contributed by atoms with van der Waals surface area (Å²) in [4.78, 5) is 14.7. The van der Waals surface area contributed by atoms with E-state index in [1.165, 1.54) is 12.1 Å². The summed E-state index contributed by atoms with van der Waals surface area (Å²) in [6.45, 7) is 2.64. The summed E-state index contributed by atoms with van der Waals surface area (Å²) in [5, 5.41) is 11.0. The monoisotopic (exact) mass is 223 g/mol. The third-order valence-corrected chi connectivity index (χ3v) is 2.54. The molecule has 0 amide bonds. The van der Waals surface area contributed by atoms with E-state index in [4.69, 9.17) is 11.6 Å². The van der Waals surface area contributed by atoms with E-state index in [1.54, 1.807) is 10.6 Å². The standard InChI is InChI=1S/C10H9ClN2O2/c1-2-13-8-4-3-6(9(14)15)5-7(8)12-10(13)11/h3-5H,2H2,1H3,(H,14,15)/p-1. The van der Waals surface area contributed by atoms with E-state index < -0.39 is 5.97 Å². The summed E-state index contributed by atoms with van der Waals surface area (Å²) in [5.74, 6) is -1.21. The molecule has 0 saturated heterocycles. The molecule has 1 heterocycles. The minimum absolute atomic E-state index is 0.111. The molecule has 4 nitrogen and oxygen atoms in total. The molecule has 0 radical (unpaired) electrons. The molecule has 0 aliphatic rings. The summed E-state index contributed by atoms with van der Waals surface area (Å²) in [5.41, 5.74) is 1.51. The predicted octanol–water partition coefficient (Wildman–Crippen LogP) is 1.07. The Balaban J connectivity index is 2.69. The number of carbonyl (C=O) groups is 1. The van der Waals surface area contributed by atoms with Crippen LogP contribution in [0.25, 0.3) is 11.0 Å². The molecular weight excluding hydrogens is 216 g/mol. The Kier molecular flexibility index (Phi) is 2.36. The molecule has 1 aromatic heterocycles. The van der Waals surface area contributed by atoms with Gasteiger partial charge < -0.3 is 14.5 Å². The number of benzene rings is 1. The maximum Gasteiger partial charge on any atom is 0.203 e. The Morgan fingerprint density at radius 1 is 1.60 bits per heavy atom. The van der Waals surface area contributed by atoms with Crippen LogP contribution >= 0.6 is 11.6 Å². The van der Waals surface area contributed by atoms with Crippen LogP contribution in [0.3, 0.4) is 0 Å². The second kappa shape index (κ2) is 3.55. The molecule has 0 N–H and O–H groups in total. The molecule has 2 aromatic rings. The fourth-order valence-corrected chi connectivity index (χ4v) is 1.83. The van der Waals surface area contributed by atoms with Crippen LogP contribution in [0.4, 0.5) is 0 Å². The zero-order chi connectivity index (χ0) is 11.0. The van der Waals surface area contributed by atoms with E-state index in [-0.39, 0.29) is 5.56 Å². The first-order chi connectivity index (χ1) is 7.13. The molecule has 15 heavy (non-hydrogen) atoms. The van der Waals surface area contributed by atoms with Crippen LogP contribution in [-0.4, -0.2) is 15.5 Å². The Morgan fingerprint density at radius 2 is 2.33 bits per heavy atom. The van der Waals surface area contributed by atoms with Crippen molar-refractivity contribution >= 4 is 28.6 Å². The van der Waals surface area contributed by atoms with Crippen LogP contribution in [-0.2, 0) is 6.54 Å². The molecular formula is C10H8ClN2O2-. The number of halogens is 1. The molecule has 5 heteroatoms. The number of carbonyl (C=O) groups excluding carboxylic acids is 1. The lowest BCUT2D eigenvalue weighted by molar-refractivity contribution is -0.255. The van der Waals surface area contributed by atoms with Gasteiger partial charge in [-0.05, 0) is 36.2 Å². The molecule has 0 saturated carbocycles. The van der Waals surface area contributed by atoms with Crippen molar-refractivity contribution in [2.75, 3.05) is 0 Å². The average Bonchev–Trinajstić information content (AvgIpc) is 2.51. The van der Waals surface area contributed by atoms with Crippen molar-refractivity contribution in [3.8, 4) is 0 Å². The normalized spacial score (nSPS) is 10.8. The van der Waals surface area contributed by atoms with Crippen molar-refractivity contribution in [3.05, 3.63) is 29.0 Å². The molecule has 0 aliphatic heterocycles. The van der Waals surface area contributed by atoms with Crippen molar-refractivity contribution in [2.24, 2.45) is 0 Å². The quantitative estimate of drug-likeness (QED) is 0.765. The van der Waals surface area contributed by atoms with Gasteiger partial charge in [0, 0.05) is 6.54 Å². The molecule has 2 rings (SSSR count). The largest absolute Gasteiger partial charge is 0.545 e. The SMILES string of the molecule is CCn1c(Cl)nc2cc(C(=O)[O-])ccc21. The first-order valence-corrected chi connectivity index (χ1v) is 4.88. The van der Waals surface area contributed by atoms with Crippen LogP contribution in [0.15, 0.2) is 18.2 Å². The first kappa shape index (κ1) is 9.98. The number of imidazole rings is 1. The van der Waals surface area contributed by atoms with Gasteiger partial charge in [0.1, 0.15) is 0 Å². The Bertz CT molecular complexity index is 533. The van der Waals surface area contributed by atoms with Crippen molar-refractivity contribution in [1.82, 2.24) is 9.55 Å². The summed E-state index contributed by atoms with van der Waals surface area (Å²) in [6, 6.07) is 4.63. The summed E-state index contributed by atoms with van der Waals surface area (Å²) < 4.78 is 1.80. The highest BCUT2D eigenvalue weighted by Crippen LogP contribution is 2.20. The van der Waals surface area contributed by atoms with E-state index in [1.807, 2.05) is 6.92 Å². The molecule has 0 unspecified atom stereocenters. The van der Waals surface area contributed by atoms with Gasteiger partial charge in [-0.15, -0.1) is 0 Å². The lowest BCUT2D eigenvalue weighted by atomic mass is 10.2. The fraction of sp³-hybridized carbons (Fsp3) is 0.200. The van der Waals surface area contributed by atoms with Crippen molar-refractivity contribution < 1.29 is 9.90 Å². The molecule has 1 aromatic carbocycles. The van der Waals surface area contributed by atoms with Gasteiger partial charge in [0.2, 0.25) is 5.28 Å². The number of carboxylic acid groups (broad SMARTS) is 1. The lowest BCUT2D eigenvalue weighted by Crippen LogP contribution is -2.21. The van der Waals surface area contributed by atoms with Crippen LogP contribution in [0.5, 0.6) is 0 Å². The highest BCUT2D eigenvalue weighted by atomic mass is 35.5. The summed E-state index contributed by atoms with van der Waals surface area (Å²) in [7, 11) is 0. The molecule has 78 valence electrons. The molecule has 0 atom stereocenters. The Labute approximate surface area is 91.1 Å². The molecule has 0 bridgehead atoms. The van der Waals surface area contributed by atoms with Crippen molar-refractivity contribution in [2.45, 2.75) is 13.5 Å². The third kappa shape index (κ3) is 1.57. The van der Waals surface area contributed by atoms with E-state index in [0.29, 0.717) is 17.3 Å². The zero-order valence-electron chi connectivity index (χ0n) is 8.03. The number of hydrogen-bond donors (Lipinski definition) is 0. The number of aromatic carboxylic acids is 1. The zero-order valence-corrected chi connectivity index (χ0v) is 8.78. The van der Waals surface area contributed by atoms with Gasteiger partial charge in [0.25, 0.3) is 0 Å².